The molecule has 1 aliphatic carbocycles. The molecule has 2 aromatic rings. The molecule has 2 unspecified atom stereocenters. The first kappa shape index (κ1) is 12.8. The topological polar surface area (TPSA) is 20.2 Å². The van der Waals surface area contributed by atoms with E-state index in [2.05, 4.69) is 22.0 Å². The first-order valence-electron chi connectivity index (χ1n) is 6.34. The second-order valence-electron chi connectivity index (χ2n) is 5.09. The molecule has 0 saturated heterocycles. The van der Waals surface area contributed by atoms with Gasteiger partial charge in [0.1, 0.15) is 5.82 Å². The monoisotopic (exact) mass is 320 g/mol. The van der Waals surface area contributed by atoms with Gasteiger partial charge in [0.15, 0.2) is 0 Å². The van der Waals surface area contributed by atoms with Crippen molar-refractivity contribution in [2.24, 2.45) is 5.92 Å². The molecule has 0 aliphatic heterocycles. The Morgan fingerprint density at radius 3 is 2.74 bits per heavy atom. The molecular formula is C16H14BrFO. The van der Waals surface area contributed by atoms with Gasteiger partial charge >= 0.3 is 0 Å². The molecule has 1 aliphatic rings. The standard InChI is InChI=1S/C16H14BrFO/c17-13-6-10(7-14(18)9-13)5-12-8-11-3-1-2-4-15(11)16(12)19/h1-4,6-7,9,12,16,19H,5,8H2. The van der Waals surface area contributed by atoms with Crippen LogP contribution >= 0.6 is 15.9 Å². The molecule has 2 atom stereocenters. The van der Waals surface area contributed by atoms with E-state index in [4.69, 9.17) is 0 Å². The summed E-state index contributed by atoms with van der Waals surface area (Å²) in [5, 5.41) is 10.3. The molecule has 19 heavy (non-hydrogen) atoms. The van der Waals surface area contributed by atoms with Crippen molar-refractivity contribution in [1.82, 2.24) is 0 Å². The van der Waals surface area contributed by atoms with E-state index in [-0.39, 0.29) is 11.7 Å². The van der Waals surface area contributed by atoms with Gasteiger partial charge in [0, 0.05) is 4.47 Å². The molecule has 98 valence electrons. The molecule has 0 spiro atoms. The number of halogens is 2. The summed E-state index contributed by atoms with van der Waals surface area (Å²) in [7, 11) is 0. The van der Waals surface area contributed by atoms with E-state index in [1.165, 1.54) is 11.6 Å². The summed E-state index contributed by atoms with van der Waals surface area (Å²) < 4.78 is 14.1. The first-order valence-corrected chi connectivity index (χ1v) is 7.13. The van der Waals surface area contributed by atoms with Gasteiger partial charge in [0.05, 0.1) is 6.10 Å². The molecule has 0 saturated carbocycles. The van der Waals surface area contributed by atoms with Crippen LogP contribution in [0.2, 0.25) is 0 Å². The van der Waals surface area contributed by atoms with Gasteiger partial charge < -0.3 is 5.11 Å². The van der Waals surface area contributed by atoms with Gasteiger partial charge in [-0.3, -0.25) is 0 Å². The Labute approximate surface area is 120 Å². The Kier molecular flexibility index (Phi) is 3.42. The van der Waals surface area contributed by atoms with Crippen molar-refractivity contribution in [1.29, 1.82) is 0 Å². The second-order valence-corrected chi connectivity index (χ2v) is 6.01. The molecule has 1 N–H and O–H groups in total. The predicted molar refractivity (Wildman–Crippen MR) is 76.4 cm³/mol. The number of aliphatic hydroxyl groups excluding tert-OH is 1. The van der Waals surface area contributed by atoms with Crippen molar-refractivity contribution >= 4 is 15.9 Å². The van der Waals surface area contributed by atoms with E-state index in [0.29, 0.717) is 6.42 Å². The molecule has 0 radical (unpaired) electrons. The van der Waals surface area contributed by atoms with Crippen LogP contribution in [0, 0.1) is 11.7 Å². The average molecular weight is 321 g/mol. The van der Waals surface area contributed by atoms with Crippen molar-refractivity contribution in [3.8, 4) is 0 Å². The molecule has 0 fully saturated rings. The van der Waals surface area contributed by atoms with Gasteiger partial charge in [-0.15, -0.1) is 0 Å². The smallest absolute Gasteiger partial charge is 0.124 e. The minimum absolute atomic E-state index is 0.131. The Bertz CT molecular complexity index is 591. The van der Waals surface area contributed by atoms with E-state index in [1.807, 2.05) is 24.3 Å². The van der Waals surface area contributed by atoms with Crippen LogP contribution in [0.3, 0.4) is 0 Å². The number of fused-ring (bicyclic) bond motifs is 1. The SMILES string of the molecule is OC1c2ccccc2CC1Cc1cc(F)cc(Br)c1. The predicted octanol–water partition coefficient (Wildman–Crippen LogP) is 4.04. The summed E-state index contributed by atoms with van der Waals surface area (Å²) in [4.78, 5) is 0. The lowest BCUT2D eigenvalue weighted by molar-refractivity contribution is 0.123. The molecule has 1 nitrogen and oxygen atoms in total. The molecular weight excluding hydrogens is 307 g/mol. The quantitative estimate of drug-likeness (QED) is 0.885. The van der Waals surface area contributed by atoms with Crippen LogP contribution in [0.15, 0.2) is 46.9 Å². The Morgan fingerprint density at radius 1 is 1.21 bits per heavy atom. The Balaban J connectivity index is 1.82. The second kappa shape index (κ2) is 5.06. The minimum atomic E-state index is -0.446. The van der Waals surface area contributed by atoms with Crippen molar-refractivity contribution in [2.75, 3.05) is 0 Å². The third-order valence-corrected chi connectivity index (χ3v) is 4.18. The van der Waals surface area contributed by atoms with E-state index in [9.17, 15) is 9.50 Å². The maximum Gasteiger partial charge on any atom is 0.124 e. The highest BCUT2D eigenvalue weighted by Gasteiger charge is 2.30. The number of benzene rings is 2. The third-order valence-electron chi connectivity index (χ3n) is 3.72. The molecule has 0 bridgehead atoms. The fourth-order valence-electron chi connectivity index (χ4n) is 2.87. The highest BCUT2D eigenvalue weighted by Crippen LogP contribution is 2.37. The van der Waals surface area contributed by atoms with Crippen LogP contribution in [-0.4, -0.2) is 5.11 Å². The zero-order valence-electron chi connectivity index (χ0n) is 10.3. The summed E-state index contributed by atoms with van der Waals surface area (Å²) in [6.45, 7) is 0. The number of rotatable bonds is 2. The van der Waals surface area contributed by atoms with Gasteiger partial charge in [0.2, 0.25) is 0 Å². The van der Waals surface area contributed by atoms with Crippen LogP contribution in [0.5, 0.6) is 0 Å². The molecule has 2 aromatic carbocycles. The molecule has 0 heterocycles. The number of hydrogen-bond acceptors (Lipinski definition) is 1. The summed E-state index contributed by atoms with van der Waals surface area (Å²) in [5.41, 5.74) is 3.14. The third kappa shape index (κ3) is 2.58. The van der Waals surface area contributed by atoms with Crippen molar-refractivity contribution in [3.63, 3.8) is 0 Å². The van der Waals surface area contributed by atoms with Gasteiger partial charge in [-0.1, -0.05) is 40.2 Å². The highest BCUT2D eigenvalue weighted by molar-refractivity contribution is 9.10. The molecule has 3 heteroatoms. The average Bonchev–Trinajstić information content (AvgIpc) is 2.66. The maximum atomic E-state index is 13.4. The van der Waals surface area contributed by atoms with E-state index in [1.54, 1.807) is 6.07 Å². The van der Waals surface area contributed by atoms with Crippen LogP contribution < -0.4 is 0 Å². The zero-order chi connectivity index (χ0) is 13.4. The van der Waals surface area contributed by atoms with Crippen LogP contribution in [0.4, 0.5) is 4.39 Å². The van der Waals surface area contributed by atoms with Gasteiger partial charge in [-0.2, -0.15) is 0 Å². The van der Waals surface area contributed by atoms with E-state index in [0.717, 1.165) is 22.0 Å². The largest absolute Gasteiger partial charge is 0.388 e. The lowest BCUT2D eigenvalue weighted by atomic mass is 9.94. The van der Waals surface area contributed by atoms with Crippen LogP contribution in [-0.2, 0) is 12.8 Å². The molecule has 3 rings (SSSR count). The van der Waals surface area contributed by atoms with Crippen molar-refractivity contribution < 1.29 is 9.50 Å². The lowest BCUT2D eigenvalue weighted by Gasteiger charge is -2.15. The van der Waals surface area contributed by atoms with Crippen molar-refractivity contribution in [2.45, 2.75) is 18.9 Å². The number of aliphatic hydroxyl groups is 1. The fourth-order valence-corrected chi connectivity index (χ4v) is 3.38. The maximum absolute atomic E-state index is 13.4. The molecule has 0 aromatic heterocycles. The van der Waals surface area contributed by atoms with Crippen LogP contribution in [0.25, 0.3) is 0 Å². The minimum Gasteiger partial charge on any atom is -0.388 e. The molecule has 0 amide bonds. The lowest BCUT2D eigenvalue weighted by Crippen LogP contribution is -2.10. The van der Waals surface area contributed by atoms with Gasteiger partial charge in [-0.05, 0) is 53.6 Å². The highest BCUT2D eigenvalue weighted by atomic mass is 79.9. The van der Waals surface area contributed by atoms with E-state index < -0.39 is 6.10 Å². The number of hydrogen-bond donors (Lipinski definition) is 1. The van der Waals surface area contributed by atoms with Crippen molar-refractivity contribution in [3.05, 3.63) is 69.4 Å². The summed E-state index contributed by atoms with van der Waals surface area (Å²) in [6, 6.07) is 12.9. The first-order chi connectivity index (χ1) is 9.13. The van der Waals surface area contributed by atoms with Gasteiger partial charge in [0.25, 0.3) is 0 Å². The summed E-state index contributed by atoms with van der Waals surface area (Å²) in [5.74, 6) is -0.111. The summed E-state index contributed by atoms with van der Waals surface area (Å²) >= 11 is 3.30. The van der Waals surface area contributed by atoms with E-state index >= 15 is 0 Å². The summed E-state index contributed by atoms with van der Waals surface area (Å²) in [6.07, 6.45) is 1.09. The van der Waals surface area contributed by atoms with Crippen LogP contribution in [0.1, 0.15) is 22.8 Å². The normalized spacial score (nSPS) is 21.4. The zero-order valence-corrected chi connectivity index (χ0v) is 11.9. The Morgan fingerprint density at radius 2 is 2.00 bits per heavy atom. The fraction of sp³-hybridized carbons (Fsp3) is 0.250. The Hall–Kier alpha value is -1.19. The van der Waals surface area contributed by atoms with Gasteiger partial charge in [-0.25, -0.2) is 4.39 Å².